The summed E-state index contributed by atoms with van der Waals surface area (Å²) in [7, 11) is 1.62. The number of hydrogen-bond donors (Lipinski definition) is 1. The van der Waals surface area contributed by atoms with E-state index in [-0.39, 0.29) is 29.4 Å². The summed E-state index contributed by atoms with van der Waals surface area (Å²) < 4.78 is 18.7. The van der Waals surface area contributed by atoms with Crippen LogP contribution >= 0.6 is 0 Å². The Balaban J connectivity index is 1.35. The van der Waals surface area contributed by atoms with Crippen molar-refractivity contribution in [3.8, 4) is 5.75 Å². The number of benzene rings is 3. The number of methoxy groups -OCH3 is 1. The molecule has 37 heavy (non-hydrogen) atoms. The Morgan fingerprint density at radius 3 is 2.57 bits per heavy atom. The van der Waals surface area contributed by atoms with Gasteiger partial charge in [0.05, 0.1) is 24.0 Å². The standard InChI is InChI=1S/C28H29FN4O4/c1-37-24-9-2-19(3-10-24)12-13-30-28(34)25-17-20-16-23(33(35)36)8-11-26(20)32-15-14-31(18-27(25)32)22-6-4-21(29)5-7-22/h2-11,16,25,27H,12-15,17-18H2,1H3,(H,30,34)/t25-,27-/m1/s1. The molecule has 8 nitrogen and oxygen atoms in total. The fraction of sp³-hybridized carbons (Fsp3) is 0.321. The summed E-state index contributed by atoms with van der Waals surface area (Å²) in [6.45, 7) is 2.43. The van der Waals surface area contributed by atoms with Crippen LogP contribution in [0.4, 0.5) is 21.5 Å². The maximum Gasteiger partial charge on any atom is 0.269 e. The Morgan fingerprint density at radius 1 is 1.11 bits per heavy atom. The summed E-state index contributed by atoms with van der Waals surface area (Å²) in [6.07, 6.45) is 1.10. The zero-order chi connectivity index (χ0) is 25.9. The SMILES string of the molecule is COc1ccc(CCNC(=O)[C@@H]2Cc3cc([N+](=O)[O-])ccc3N3CCN(c4ccc(F)cc4)C[C@H]23)cc1. The van der Waals surface area contributed by atoms with E-state index in [9.17, 15) is 19.3 Å². The third-order valence-corrected chi connectivity index (χ3v) is 7.31. The van der Waals surface area contributed by atoms with Gasteiger partial charge in [0.2, 0.25) is 5.91 Å². The molecule has 1 amide bonds. The number of nitrogens with zero attached hydrogens (tertiary/aromatic N) is 3. The van der Waals surface area contributed by atoms with Crippen LogP contribution in [0, 0.1) is 21.8 Å². The van der Waals surface area contributed by atoms with Gasteiger partial charge in [-0.05, 0) is 66.4 Å². The molecule has 2 aliphatic heterocycles. The van der Waals surface area contributed by atoms with Crippen molar-refractivity contribution < 1.29 is 18.8 Å². The van der Waals surface area contributed by atoms with Crippen LogP contribution in [0.25, 0.3) is 0 Å². The Morgan fingerprint density at radius 2 is 1.86 bits per heavy atom. The van der Waals surface area contributed by atoms with Gasteiger partial charge in [0.25, 0.3) is 5.69 Å². The number of anilines is 2. The van der Waals surface area contributed by atoms with Gasteiger partial charge < -0.3 is 19.9 Å². The van der Waals surface area contributed by atoms with Gasteiger partial charge in [-0.1, -0.05) is 12.1 Å². The molecule has 5 rings (SSSR count). The van der Waals surface area contributed by atoms with Crippen molar-refractivity contribution in [1.29, 1.82) is 0 Å². The monoisotopic (exact) mass is 504 g/mol. The molecule has 0 bridgehead atoms. The van der Waals surface area contributed by atoms with Crippen LogP contribution in [0.5, 0.6) is 5.75 Å². The lowest BCUT2D eigenvalue weighted by molar-refractivity contribution is -0.384. The van der Waals surface area contributed by atoms with E-state index in [1.54, 1.807) is 31.4 Å². The number of hydrogen-bond acceptors (Lipinski definition) is 6. The average molecular weight is 505 g/mol. The number of nitrogens with one attached hydrogen (secondary N) is 1. The first-order chi connectivity index (χ1) is 17.9. The first-order valence-electron chi connectivity index (χ1n) is 12.4. The van der Waals surface area contributed by atoms with Crippen molar-refractivity contribution in [2.75, 3.05) is 43.1 Å². The molecule has 0 aliphatic carbocycles. The van der Waals surface area contributed by atoms with Crippen LogP contribution < -0.4 is 19.9 Å². The summed E-state index contributed by atoms with van der Waals surface area (Å²) >= 11 is 0. The Hall–Kier alpha value is -4.14. The maximum absolute atomic E-state index is 13.5. The number of amides is 1. The number of ether oxygens (including phenoxy) is 1. The molecule has 3 aromatic rings. The molecule has 3 aromatic carbocycles. The molecule has 0 radical (unpaired) electrons. The first kappa shape index (κ1) is 24.5. The van der Waals surface area contributed by atoms with Gasteiger partial charge in [0, 0.05) is 49.7 Å². The van der Waals surface area contributed by atoms with E-state index in [4.69, 9.17) is 4.74 Å². The van der Waals surface area contributed by atoms with Crippen molar-refractivity contribution in [1.82, 2.24) is 5.32 Å². The highest BCUT2D eigenvalue weighted by Gasteiger charge is 2.42. The number of carbonyl (C=O) groups excluding carboxylic acids is 1. The summed E-state index contributed by atoms with van der Waals surface area (Å²) in [4.78, 5) is 28.9. The van der Waals surface area contributed by atoms with Crippen LogP contribution in [-0.4, -0.2) is 50.2 Å². The third kappa shape index (κ3) is 5.21. The molecule has 2 heterocycles. The molecule has 0 aromatic heterocycles. The number of fused-ring (bicyclic) bond motifs is 3. The van der Waals surface area contributed by atoms with Crippen molar-refractivity contribution in [3.63, 3.8) is 0 Å². The molecular weight excluding hydrogens is 475 g/mol. The molecule has 9 heteroatoms. The van der Waals surface area contributed by atoms with E-state index in [2.05, 4.69) is 15.1 Å². The van der Waals surface area contributed by atoms with Gasteiger partial charge in [-0.25, -0.2) is 4.39 Å². The second-order valence-corrected chi connectivity index (χ2v) is 9.45. The zero-order valence-electron chi connectivity index (χ0n) is 20.6. The highest BCUT2D eigenvalue weighted by molar-refractivity contribution is 5.82. The van der Waals surface area contributed by atoms with Crippen molar-refractivity contribution in [2.45, 2.75) is 18.9 Å². The molecule has 0 saturated carbocycles. The zero-order valence-corrected chi connectivity index (χ0v) is 20.6. The average Bonchev–Trinajstić information content (AvgIpc) is 2.92. The highest BCUT2D eigenvalue weighted by atomic mass is 19.1. The molecule has 2 atom stereocenters. The number of halogens is 1. The van der Waals surface area contributed by atoms with E-state index in [0.29, 0.717) is 39.0 Å². The number of rotatable bonds is 7. The number of carbonyl (C=O) groups is 1. The number of nitro benzene ring substituents is 1. The van der Waals surface area contributed by atoms with Crippen molar-refractivity contribution in [3.05, 3.63) is 93.8 Å². The van der Waals surface area contributed by atoms with E-state index < -0.39 is 4.92 Å². The molecule has 1 fully saturated rings. The molecule has 1 saturated heterocycles. The lowest BCUT2D eigenvalue weighted by Gasteiger charge is -2.49. The van der Waals surface area contributed by atoms with Gasteiger partial charge in [0.15, 0.2) is 0 Å². The van der Waals surface area contributed by atoms with E-state index in [0.717, 1.165) is 28.3 Å². The minimum Gasteiger partial charge on any atom is -0.497 e. The topological polar surface area (TPSA) is 87.9 Å². The van der Waals surface area contributed by atoms with Crippen molar-refractivity contribution >= 4 is 23.0 Å². The Bertz CT molecular complexity index is 1280. The fourth-order valence-electron chi connectivity index (χ4n) is 5.36. The summed E-state index contributed by atoms with van der Waals surface area (Å²) in [5.41, 5.74) is 3.79. The number of nitro groups is 1. The predicted molar refractivity (Wildman–Crippen MR) is 140 cm³/mol. The smallest absolute Gasteiger partial charge is 0.269 e. The fourth-order valence-corrected chi connectivity index (χ4v) is 5.36. The lowest BCUT2D eigenvalue weighted by atomic mass is 9.83. The summed E-state index contributed by atoms with van der Waals surface area (Å²) in [5, 5.41) is 14.5. The summed E-state index contributed by atoms with van der Waals surface area (Å²) in [6, 6.07) is 18.9. The molecule has 0 unspecified atom stereocenters. The second kappa shape index (κ2) is 10.5. The molecule has 192 valence electrons. The van der Waals surface area contributed by atoms with Crippen LogP contribution in [0.2, 0.25) is 0 Å². The van der Waals surface area contributed by atoms with E-state index in [1.165, 1.54) is 18.2 Å². The van der Waals surface area contributed by atoms with Crippen LogP contribution in [0.3, 0.4) is 0 Å². The quantitative estimate of drug-likeness (QED) is 0.387. The Kier molecular flexibility index (Phi) is 6.94. The van der Waals surface area contributed by atoms with Gasteiger partial charge in [-0.3, -0.25) is 14.9 Å². The minimum atomic E-state index is -0.400. The first-order valence-corrected chi connectivity index (χ1v) is 12.4. The highest BCUT2D eigenvalue weighted by Crippen LogP contribution is 2.38. The number of non-ortho nitro benzene ring substituents is 1. The van der Waals surface area contributed by atoms with Crippen LogP contribution in [0.1, 0.15) is 11.1 Å². The van der Waals surface area contributed by atoms with Crippen LogP contribution in [-0.2, 0) is 17.6 Å². The van der Waals surface area contributed by atoms with E-state index >= 15 is 0 Å². The second-order valence-electron chi connectivity index (χ2n) is 9.45. The predicted octanol–water partition coefficient (Wildman–Crippen LogP) is 3.97. The summed E-state index contributed by atoms with van der Waals surface area (Å²) in [5.74, 6) is 0.0470. The van der Waals surface area contributed by atoms with Crippen LogP contribution in [0.15, 0.2) is 66.7 Å². The largest absolute Gasteiger partial charge is 0.497 e. The van der Waals surface area contributed by atoms with Gasteiger partial charge in [-0.2, -0.15) is 0 Å². The minimum absolute atomic E-state index is 0.0285. The third-order valence-electron chi connectivity index (χ3n) is 7.31. The maximum atomic E-state index is 13.5. The lowest BCUT2D eigenvalue weighted by Crippen LogP contribution is -2.61. The number of piperazine rings is 1. The van der Waals surface area contributed by atoms with E-state index in [1.807, 2.05) is 24.3 Å². The van der Waals surface area contributed by atoms with Gasteiger partial charge in [0.1, 0.15) is 11.6 Å². The molecular formula is C28H29FN4O4. The normalized spacial score (nSPS) is 18.5. The molecule has 0 spiro atoms. The van der Waals surface area contributed by atoms with Gasteiger partial charge in [-0.15, -0.1) is 0 Å². The van der Waals surface area contributed by atoms with Crippen molar-refractivity contribution in [2.24, 2.45) is 5.92 Å². The van der Waals surface area contributed by atoms with Gasteiger partial charge >= 0.3 is 0 Å². The molecule has 1 N–H and O–H groups in total. The Labute approximate surface area is 214 Å². The molecule has 2 aliphatic rings.